The van der Waals surface area contributed by atoms with Gasteiger partial charge in [0, 0.05) is 12.4 Å². The van der Waals surface area contributed by atoms with Crippen molar-refractivity contribution in [3.05, 3.63) is 65.5 Å². The Labute approximate surface area is 115 Å². The maximum absolute atomic E-state index is 5.93. The van der Waals surface area contributed by atoms with Gasteiger partial charge in [0.2, 0.25) is 0 Å². The highest BCUT2D eigenvalue weighted by atomic mass is 14.6. The average molecular weight is 254 g/mol. The summed E-state index contributed by atoms with van der Waals surface area (Å²) in [4.78, 5) is 4.05. The molecule has 2 heteroatoms. The summed E-state index contributed by atoms with van der Waals surface area (Å²) in [5.74, 6) is 0.444. The molecule has 2 nitrogen and oxygen atoms in total. The van der Waals surface area contributed by atoms with E-state index in [1.807, 2.05) is 12.4 Å². The molecule has 0 bridgehead atoms. The van der Waals surface area contributed by atoms with Gasteiger partial charge in [0.1, 0.15) is 0 Å². The van der Waals surface area contributed by atoms with Crippen molar-refractivity contribution in [2.24, 2.45) is 5.73 Å². The van der Waals surface area contributed by atoms with E-state index in [2.05, 4.69) is 48.3 Å². The fraction of sp³-hybridized carbons (Fsp3) is 0.353. The smallest absolute Gasteiger partial charge is 0.0270 e. The molecule has 0 aliphatic rings. The van der Waals surface area contributed by atoms with Crippen molar-refractivity contribution in [2.45, 2.75) is 32.1 Å². The predicted octanol–water partition coefficient (Wildman–Crippen LogP) is 3.32. The van der Waals surface area contributed by atoms with Crippen molar-refractivity contribution in [3.63, 3.8) is 0 Å². The molecule has 1 unspecified atom stereocenters. The van der Waals surface area contributed by atoms with Crippen LogP contribution in [-0.4, -0.2) is 11.5 Å². The topological polar surface area (TPSA) is 38.9 Å². The van der Waals surface area contributed by atoms with Crippen LogP contribution >= 0.6 is 0 Å². The van der Waals surface area contributed by atoms with Gasteiger partial charge in [0.15, 0.2) is 0 Å². The molecule has 0 radical (unpaired) electrons. The monoisotopic (exact) mass is 254 g/mol. The zero-order valence-electron chi connectivity index (χ0n) is 11.5. The lowest BCUT2D eigenvalue weighted by Gasteiger charge is -2.15. The summed E-state index contributed by atoms with van der Waals surface area (Å²) in [5.41, 5.74) is 10.00. The van der Waals surface area contributed by atoms with Gasteiger partial charge in [-0.2, -0.15) is 0 Å². The Morgan fingerprint density at radius 2 is 1.68 bits per heavy atom. The second kappa shape index (κ2) is 7.05. The Morgan fingerprint density at radius 3 is 2.26 bits per heavy atom. The van der Waals surface area contributed by atoms with Crippen LogP contribution in [0.5, 0.6) is 0 Å². The Bertz CT molecular complexity index is 476. The van der Waals surface area contributed by atoms with Crippen LogP contribution in [0.2, 0.25) is 0 Å². The summed E-state index contributed by atoms with van der Waals surface area (Å²) >= 11 is 0. The quantitative estimate of drug-likeness (QED) is 0.859. The average Bonchev–Trinajstić information content (AvgIpc) is 2.49. The van der Waals surface area contributed by atoms with Gasteiger partial charge in [0.25, 0.3) is 0 Å². The van der Waals surface area contributed by atoms with Gasteiger partial charge >= 0.3 is 0 Å². The van der Waals surface area contributed by atoms with Crippen LogP contribution in [-0.2, 0) is 12.8 Å². The minimum absolute atomic E-state index is 0.444. The number of aryl methyl sites for hydroxylation is 2. The highest BCUT2D eigenvalue weighted by molar-refractivity contribution is 5.26. The first-order valence-electron chi connectivity index (χ1n) is 7.01. The van der Waals surface area contributed by atoms with Crippen LogP contribution in [0.4, 0.5) is 0 Å². The minimum Gasteiger partial charge on any atom is -0.330 e. The molecule has 2 rings (SSSR count). The van der Waals surface area contributed by atoms with Gasteiger partial charge in [-0.05, 0) is 60.5 Å². The van der Waals surface area contributed by atoms with Crippen LogP contribution in [0.3, 0.4) is 0 Å². The lowest BCUT2D eigenvalue weighted by atomic mass is 9.92. The Morgan fingerprint density at radius 1 is 1.00 bits per heavy atom. The van der Waals surface area contributed by atoms with E-state index in [0.29, 0.717) is 12.5 Å². The molecule has 0 saturated carbocycles. The largest absolute Gasteiger partial charge is 0.330 e. The zero-order chi connectivity index (χ0) is 13.5. The molecule has 0 saturated heterocycles. The van der Waals surface area contributed by atoms with E-state index in [4.69, 9.17) is 5.73 Å². The van der Waals surface area contributed by atoms with Crippen molar-refractivity contribution in [3.8, 4) is 0 Å². The molecule has 0 spiro atoms. The fourth-order valence-electron chi connectivity index (χ4n) is 2.34. The van der Waals surface area contributed by atoms with E-state index in [1.54, 1.807) is 0 Å². The summed E-state index contributed by atoms with van der Waals surface area (Å²) in [5, 5.41) is 0. The van der Waals surface area contributed by atoms with Gasteiger partial charge in [-0.3, -0.25) is 4.98 Å². The SMILES string of the molecule is CCc1ccc(C(CN)CCc2ccncc2)cc1. The van der Waals surface area contributed by atoms with Crippen LogP contribution in [0.1, 0.15) is 36.0 Å². The third kappa shape index (κ3) is 3.90. The molecule has 1 atom stereocenters. The minimum atomic E-state index is 0.444. The normalized spacial score (nSPS) is 12.3. The number of pyridine rings is 1. The number of benzene rings is 1. The van der Waals surface area contributed by atoms with Crippen molar-refractivity contribution in [1.29, 1.82) is 0 Å². The molecule has 100 valence electrons. The molecule has 19 heavy (non-hydrogen) atoms. The van der Waals surface area contributed by atoms with Crippen LogP contribution in [0.15, 0.2) is 48.8 Å². The maximum atomic E-state index is 5.93. The Balaban J connectivity index is 1.99. The summed E-state index contributed by atoms with van der Waals surface area (Å²) in [6.45, 7) is 2.88. The summed E-state index contributed by atoms with van der Waals surface area (Å²) in [6, 6.07) is 13.0. The lowest BCUT2D eigenvalue weighted by Crippen LogP contribution is -2.13. The zero-order valence-corrected chi connectivity index (χ0v) is 11.5. The summed E-state index contributed by atoms with van der Waals surface area (Å²) < 4.78 is 0. The molecule has 0 aliphatic carbocycles. The second-order valence-electron chi connectivity index (χ2n) is 4.92. The van der Waals surface area contributed by atoms with Gasteiger partial charge in [-0.25, -0.2) is 0 Å². The number of nitrogens with two attached hydrogens (primary N) is 1. The van der Waals surface area contributed by atoms with Gasteiger partial charge in [-0.15, -0.1) is 0 Å². The highest BCUT2D eigenvalue weighted by Gasteiger charge is 2.09. The molecule has 0 fully saturated rings. The van der Waals surface area contributed by atoms with E-state index in [9.17, 15) is 0 Å². The number of hydrogen-bond donors (Lipinski definition) is 1. The molecule has 2 N–H and O–H groups in total. The van der Waals surface area contributed by atoms with E-state index in [1.165, 1.54) is 16.7 Å². The predicted molar refractivity (Wildman–Crippen MR) is 80.2 cm³/mol. The molecular formula is C17H22N2. The van der Waals surface area contributed by atoms with Gasteiger partial charge in [0.05, 0.1) is 0 Å². The Hall–Kier alpha value is -1.67. The molecule has 1 aromatic carbocycles. The first kappa shape index (κ1) is 13.8. The maximum Gasteiger partial charge on any atom is 0.0270 e. The number of rotatable bonds is 6. The van der Waals surface area contributed by atoms with Crippen molar-refractivity contribution < 1.29 is 0 Å². The number of nitrogens with zero attached hydrogens (tertiary/aromatic N) is 1. The molecule has 1 aromatic heterocycles. The second-order valence-corrected chi connectivity index (χ2v) is 4.92. The van der Waals surface area contributed by atoms with E-state index in [0.717, 1.165) is 19.3 Å². The first-order chi connectivity index (χ1) is 9.33. The molecule has 0 aliphatic heterocycles. The van der Waals surface area contributed by atoms with Crippen LogP contribution in [0.25, 0.3) is 0 Å². The summed E-state index contributed by atoms with van der Waals surface area (Å²) in [7, 11) is 0. The molecule has 1 heterocycles. The van der Waals surface area contributed by atoms with E-state index < -0.39 is 0 Å². The number of hydrogen-bond acceptors (Lipinski definition) is 2. The molecule has 0 amide bonds. The van der Waals surface area contributed by atoms with Gasteiger partial charge < -0.3 is 5.73 Å². The van der Waals surface area contributed by atoms with Crippen molar-refractivity contribution in [1.82, 2.24) is 4.98 Å². The number of aromatic nitrogens is 1. The van der Waals surface area contributed by atoms with Crippen molar-refractivity contribution in [2.75, 3.05) is 6.54 Å². The summed E-state index contributed by atoms with van der Waals surface area (Å²) in [6.07, 6.45) is 6.93. The highest BCUT2D eigenvalue weighted by Crippen LogP contribution is 2.21. The van der Waals surface area contributed by atoms with Crippen LogP contribution < -0.4 is 5.73 Å². The fourth-order valence-corrected chi connectivity index (χ4v) is 2.34. The molecule has 2 aromatic rings. The van der Waals surface area contributed by atoms with Gasteiger partial charge in [-0.1, -0.05) is 31.2 Å². The Kier molecular flexibility index (Phi) is 5.10. The third-order valence-electron chi connectivity index (χ3n) is 3.67. The van der Waals surface area contributed by atoms with Crippen LogP contribution in [0, 0.1) is 0 Å². The van der Waals surface area contributed by atoms with Crippen molar-refractivity contribution >= 4 is 0 Å². The molecular weight excluding hydrogens is 232 g/mol. The van der Waals surface area contributed by atoms with E-state index in [-0.39, 0.29) is 0 Å². The standard InChI is InChI=1S/C17H22N2/c1-2-14-3-6-16(7-4-14)17(13-18)8-5-15-9-11-19-12-10-15/h3-4,6-7,9-12,17H,2,5,8,13,18H2,1H3. The third-order valence-corrected chi connectivity index (χ3v) is 3.67. The lowest BCUT2D eigenvalue weighted by molar-refractivity contribution is 0.633. The first-order valence-corrected chi connectivity index (χ1v) is 7.01. The van der Waals surface area contributed by atoms with E-state index >= 15 is 0 Å².